The molecule has 0 radical (unpaired) electrons. The van der Waals surface area contributed by atoms with E-state index in [-0.39, 0.29) is 22.2 Å². The number of nitrogen functional groups attached to an aromatic ring is 1. The first-order chi connectivity index (χ1) is 7.85. The van der Waals surface area contributed by atoms with Crippen LogP contribution in [0.3, 0.4) is 0 Å². The second-order valence-corrected chi connectivity index (χ2v) is 6.13. The van der Waals surface area contributed by atoms with Crippen LogP contribution in [0.4, 0.5) is 5.82 Å². The van der Waals surface area contributed by atoms with Gasteiger partial charge in [0.2, 0.25) is 0 Å². The third-order valence-electron chi connectivity index (χ3n) is 2.31. The first-order valence-corrected chi connectivity index (χ1v) is 6.71. The van der Waals surface area contributed by atoms with Crippen LogP contribution in [-0.2, 0) is 0 Å². The number of nitrogens with zero attached hydrogens (tertiary/aromatic N) is 1. The van der Waals surface area contributed by atoms with E-state index in [9.17, 15) is 4.79 Å². The molecule has 1 aromatic rings. The molecular weight excluding hydrogens is 258 g/mol. The van der Waals surface area contributed by atoms with Crippen LogP contribution >= 0.6 is 23.4 Å². The molecule has 0 spiro atoms. The van der Waals surface area contributed by atoms with Gasteiger partial charge >= 0.3 is 0 Å². The summed E-state index contributed by atoms with van der Waals surface area (Å²) in [4.78, 5) is 15.8. The molecule has 1 heterocycles. The van der Waals surface area contributed by atoms with Gasteiger partial charge in [-0.2, -0.15) is 11.8 Å². The summed E-state index contributed by atoms with van der Waals surface area (Å²) in [6.45, 7) is 4.64. The van der Waals surface area contributed by atoms with Crippen molar-refractivity contribution in [3.05, 3.63) is 22.8 Å². The highest BCUT2D eigenvalue weighted by Crippen LogP contribution is 2.20. The highest BCUT2D eigenvalue weighted by atomic mass is 35.5. The molecule has 0 aromatic carbocycles. The normalized spacial score (nSPS) is 11.3. The Morgan fingerprint density at radius 3 is 2.82 bits per heavy atom. The minimum absolute atomic E-state index is 0.0253. The van der Waals surface area contributed by atoms with Crippen LogP contribution in [0.15, 0.2) is 12.1 Å². The SMILES string of the molecule is CSC(C)(C)CNC(=O)c1nc(N)ccc1Cl. The number of carbonyl (C=O) groups excluding carboxylic acids is 1. The Morgan fingerprint density at radius 1 is 1.59 bits per heavy atom. The molecule has 0 aliphatic carbocycles. The molecule has 94 valence electrons. The molecule has 1 rings (SSSR count). The van der Waals surface area contributed by atoms with Crippen molar-refractivity contribution in [2.45, 2.75) is 18.6 Å². The van der Waals surface area contributed by atoms with Crippen molar-refractivity contribution in [1.29, 1.82) is 0 Å². The van der Waals surface area contributed by atoms with E-state index in [0.29, 0.717) is 11.6 Å². The van der Waals surface area contributed by atoms with Gasteiger partial charge in [-0.1, -0.05) is 11.6 Å². The lowest BCUT2D eigenvalue weighted by Crippen LogP contribution is -2.36. The molecule has 0 aliphatic heterocycles. The summed E-state index contributed by atoms with van der Waals surface area (Å²) in [7, 11) is 0. The fraction of sp³-hybridized carbons (Fsp3) is 0.455. The first-order valence-electron chi connectivity index (χ1n) is 5.11. The maximum atomic E-state index is 11.9. The number of amides is 1. The monoisotopic (exact) mass is 273 g/mol. The number of carbonyl (C=O) groups is 1. The zero-order valence-corrected chi connectivity index (χ0v) is 11.7. The Hall–Kier alpha value is -0.940. The number of halogens is 1. The van der Waals surface area contributed by atoms with Crippen LogP contribution in [0.25, 0.3) is 0 Å². The van der Waals surface area contributed by atoms with Crippen LogP contribution in [0.2, 0.25) is 5.02 Å². The molecule has 0 atom stereocenters. The average molecular weight is 274 g/mol. The summed E-state index contributed by atoms with van der Waals surface area (Å²) < 4.78 is -0.0253. The number of hydrogen-bond acceptors (Lipinski definition) is 4. The maximum Gasteiger partial charge on any atom is 0.271 e. The van der Waals surface area contributed by atoms with Crippen molar-refractivity contribution >= 4 is 35.1 Å². The van der Waals surface area contributed by atoms with Crippen LogP contribution in [0, 0.1) is 0 Å². The summed E-state index contributed by atoms with van der Waals surface area (Å²) in [5.74, 6) is -0.0203. The fourth-order valence-corrected chi connectivity index (χ4v) is 1.47. The van der Waals surface area contributed by atoms with E-state index in [4.69, 9.17) is 17.3 Å². The molecule has 0 bridgehead atoms. The van der Waals surface area contributed by atoms with Gasteiger partial charge in [0.05, 0.1) is 5.02 Å². The molecule has 0 saturated carbocycles. The largest absolute Gasteiger partial charge is 0.384 e. The van der Waals surface area contributed by atoms with E-state index < -0.39 is 0 Å². The molecule has 0 saturated heterocycles. The predicted molar refractivity (Wildman–Crippen MR) is 73.6 cm³/mol. The Bertz CT molecular complexity index is 423. The smallest absolute Gasteiger partial charge is 0.271 e. The average Bonchev–Trinajstić information content (AvgIpc) is 2.29. The van der Waals surface area contributed by atoms with Crippen molar-refractivity contribution in [3.63, 3.8) is 0 Å². The summed E-state index contributed by atoms with van der Waals surface area (Å²) in [6, 6.07) is 3.13. The van der Waals surface area contributed by atoms with Gasteiger partial charge in [-0.05, 0) is 32.2 Å². The highest BCUT2D eigenvalue weighted by molar-refractivity contribution is 7.99. The third-order valence-corrected chi connectivity index (χ3v) is 3.86. The van der Waals surface area contributed by atoms with E-state index in [0.717, 1.165) is 0 Å². The number of nitrogens with two attached hydrogens (primary N) is 1. The van der Waals surface area contributed by atoms with E-state index in [2.05, 4.69) is 10.3 Å². The second kappa shape index (κ2) is 5.60. The van der Waals surface area contributed by atoms with Gasteiger partial charge in [0.1, 0.15) is 11.5 Å². The number of hydrogen-bond donors (Lipinski definition) is 2. The Kier molecular flexibility index (Phi) is 4.65. The molecule has 4 nitrogen and oxygen atoms in total. The predicted octanol–water partition coefficient (Wildman–Crippen LogP) is 2.19. The molecule has 1 amide bonds. The molecule has 6 heteroatoms. The van der Waals surface area contributed by atoms with E-state index >= 15 is 0 Å². The number of rotatable bonds is 4. The van der Waals surface area contributed by atoms with Crippen LogP contribution < -0.4 is 11.1 Å². The van der Waals surface area contributed by atoms with Crippen molar-refractivity contribution in [2.24, 2.45) is 0 Å². The first kappa shape index (κ1) is 14.1. The number of thioether (sulfide) groups is 1. The number of pyridine rings is 1. The van der Waals surface area contributed by atoms with E-state index in [1.807, 2.05) is 20.1 Å². The molecule has 0 fully saturated rings. The number of anilines is 1. The molecule has 0 aliphatic rings. The molecule has 3 N–H and O–H groups in total. The zero-order chi connectivity index (χ0) is 13.1. The maximum absolute atomic E-state index is 11.9. The number of aromatic nitrogens is 1. The lowest BCUT2D eigenvalue weighted by molar-refractivity contribution is 0.0946. The number of nitrogens with one attached hydrogen (secondary N) is 1. The van der Waals surface area contributed by atoms with E-state index in [1.54, 1.807) is 23.9 Å². The summed E-state index contributed by atoms with van der Waals surface area (Å²) >= 11 is 7.57. The van der Waals surface area contributed by atoms with Crippen molar-refractivity contribution in [1.82, 2.24) is 10.3 Å². The van der Waals surface area contributed by atoms with Crippen molar-refractivity contribution in [3.8, 4) is 0 Å². The summed E-state index contributed by atoms with van der Waals surface area (Å²) in [6.07, 6.45) is 2.00. The standard InChI is InChI=1S/C11H16ClN3OS/c1-11(2,17-3)6-14-10(16)9-7(12)4-5-8(13)15-9/h4-5H,6H2,1-3H3,(H2,13,15)(H,14,16). The molecular formula is C11H16ClN3OS. The topological polar surface area (TPSA) is 68.0 Å². The second-order valence-electron chi connectivity index (χ2n) is 4.21. The molecule has 0 unspecified atom stereocenters. The van der Waals surface area contributed by atoms with Crippen molar-refractivity contribution in [2.75, 3.05) is 18.5 Å². The van der Waals surface area contributed by atoms with Gasteiger partial charge in [0.15, 0.2) is 0 Å². The van der Waals surface area contributed by atoms with Gasteiger partial charge in [0, 0.05) is 11.3 Å². The van der Waals surface area contributed by atoms with Gasteiger partial charge in [0.25, 0.3) is 5.91 Å². The quantitative estimate of drug-likeness (QED) is 0.882. The Balaban J connectivity index is 2.74. The van der Waals surface area contributed by atoms with Crippen LogP contribution in [0.1, 0.15) is 24.3 Å². The summed E-state index contributed by atoms with van der Waals surface area (Å²) in [5.41, 5.74) is 5.69. The third kappa shape index (κ3) is 4.09. The lowest BCUT2D eigenvalue weighted by atomic mass is 10.2. The molecule has 1 aromatic heterocycles. The Labute approximate surface area is 110 Å². The van der Waals surface area contributed by atoms with Crippen molar-refractivity contribution < 1.29 is 4.79 Å². The van der Waals surface area contributed by atoms with Gasteiger partial charge in [-0.3, -0.25) is 4.79 Å². The Morgan fingerprint density at radius 2 is 2.24 bits per heavy atom. The van der Waals surface area contributed by atoms with Gasteiger partial charge < -0.3 is 11.1 Å². The lowest BCUT2D eigenvalue weighted by Gasteiger charge is -2.22. The fourth-order valence-electron chi connectivity index (χ4n) is 1.07. The summed E-state index contributed by atoms with van der Waals surface area (Å²) in [5, 5.41) is 3.10. The van der Waals surface area contributed by atoms with E-state index in [1.165, 1.54) is 0 Å². The van der Waals surface area contributed by atoms with Gasteiger partial charge in [-0.15, -0.1) is 0 Å². The van der Waals surface area contributed by atoms with Crippen LogP contribution in [0.5, 0.6) is 0 Å². The minimum atomic E-state index is -0.301. The van der Waals surface area contributed by atoms with Crippen LogP contribution in [-0.4, -0.2) is 28.4 Å². The molecule has 17 heavy (non-hydrogen) atoms. The minimum Gasteiger partial charge on any atom is -0.384 e. The zero-order valence-electron chi connectivity index (χ0n) is 10.1. The highest BCUT2D eigenvalue weighted by Gasteiger charge is 2.19. The van der Waals surface area contributed by atoms with Gasteiger partial charge in [-0.25, -0.2) is 4.98 Å².